The second-order valence-corrected chi connectivity index (χ2v) is 5.75. The molecule has 2 aliphatic rings. The lowest BCUT2D eigenvalue weighted by atomic mass is 10.1. The van der Waals surface area contributed by atoms with Crippen molar-refractivity contribution in [2.24, 2.45) is 0 Å². The lowest BCUT2D eigenvalue weighted by Crippen LogP contribution is -2.64. The summed E-state index contributed by atoms with van der Waals surface area (Å²) < 4.78 is 5.46. The summed E-state index contributed by atoms with van der Waals surface area (Å²) in [4.78, 5) is 16.3. The van der Waals surface area contributed by atoms with Crippen LogP contribution in [-0.4, -0.2) is 60.4 Å². The predicted octanol–water partition coefficient (Wildman–Crippen LogP) is 0.858. The van der Waals surface area contributed by atoms with Crippen LogP contribution in [0.4, 0.5) is 4.79 Å². The maximum absolute atomic E-state index is 12.1. The number of carbonyl (C=O) groups excluding carboxylic acids is 1. The molecule has 2 rings (SSSR count). The van der Waals surface area contributed by atoms with Crippen molar-refractivity contribution >= 4 is 6.09 Å². The second kappa shape index (κ2) is 4.82. The third-order valence-electron chi connectivity index (χ3n) is 3.16. The minimum Gasteiger partial charge on any atom is -0.444 e. The Morgan fingerprint density at radius 3 is 2.53 bits per heavy atom. The van der Waals surface area contributed by atoms with Crippen LogP contribution in [0.2, 0.25) is 0 Å². The molecule has 2 aliphatic heterocycles. The van der Waals surface area contributed by atoms with Crippen LogP contribution in [0.5, 0.6) is 0 Å². The van der Waals surface area contributed by atoms with Gasteiger partial charge >= 0.3 is 6.09 Å². The SMILES string of the molecule is CC(C)(C)OC(=O)N1CCNCC1N1CCC1. The first-order chi connectivity index (χ1) is 7.97. The van der Waals surface area contributed by atoms with Gasteiger partial charge in [0.05, 0.1) is 0 Å². The van der Waals surface area contributed by atoms with E-state index in [4.69, 9.17) is 4.74 Å². The number of hydrogen-bond donors (Lipinski definition) is 1. The van der Waals surface area contributed by atoms with Gasteiger partial charge in [-0.3, -0.25) is 9.80 Å². The molecular formula is C12H23N3O2. The molecule has 2 heterocycles. The Bertz CT molecular complexity index is 284. The number of nitrogens with one attached hydrogen (secondary N) is 1. The Morgan fingerprint density at radius 2 is 2.00 bits per heavy atom. The van der Waals surface area contributed by atoms with Crippen molar-refractivity contribution in [2.45, 2.75) is 39.0 Å². The zero-order valence-corrected chi connectivity index (χ0v) is 11.0. The molecule has 1 atom stereocenters. The molecule has 17 heavy (non-hydrogen) atoms. The lowest BCUT2D eigenvalue weighted by Gasteiger charge is -2.46. The van der Waals surface area contributed by atoms with Gasteiger partial charge in [-0.05, 0) is 27.2 Å². The number of piperazine rings is 1. The van der Waals surface area contributed by atoms with Crippen molar-refractivity contribution in [3.63, 3.8) is 0 Å². The average Bonchev–Trinajstić information content (AvgIpc) is 2.13. The molecule has 98 valence electrons. The first kappa shape index (κ1) is 12.6. The van der Waals surface area contributed by atoms with Crippen molar-refractivity contribution in [2.75, 3.05) is 32.7 Å². The van der Waals surface area contributed by atoms with Gasteiger partial charge in [-0.2, -0.15) is 0 Å². The topological polar surface area (TPSA) is 44.8 Å². The highest BCUT2D eigenvalue weighted by molar-refractivity contribution is 5.68. The lowest BCUT2D eigenvalue weighted by molar-refractivity contribution is -0.0361. The maximum Gasteiger partial charge on any atom is 0.411 e. The van der Waals surface area contributed by atoms with Crippen LogP contribution in [0.1, 0.15) is 27.2 Å². The van der Waals surface area contributed by atoms with E-state index in [1.807, 2.05) is 25.7 Å². The van der Waals surface area contributed by atoms with Crippen LogP contribution in [-0.2, 0) is 4.74 Å². The predicted molar refractivity (Wildman–Crippen MR) is 65.8 cm³/mol. The van der Waals surface area contributed by atoms with E-state index in [2.05, 4.69) is 10.2 Å². The minimum absolute atomic E-state index is 0.173. The molecule has 0 aromatic carbocycles. The van der Waals surface area contributed by atoms with Crippen molar-refractivity contribution < 1.29 is 9.53 Å². The van der Waals surface area contributed by atoms with Crippen LogP contribution in [0, 0.1) is 0 Å². The molecule has 2 fully saturated rings. The van der Waals surface area contributed by atoms with Crippen molar-refractivity contribution in [1.82, 2.24) is 15.1 Å². The van der Waals surface area contributed by atoms with Gasteiger partial charge in [-0.25, -0.2) is 4.79 Å². The molecule has 1 N–H and O–H groups in total. The van der Waals surface area contributed by atoms with E-state index in [1.54, 1.807) is 0 Å². The number of hydrogen-bond acceptors (Lipinski definition) is 4. The van der Waals surface area contributed by atoms with Gasteiger partial charge in [-0.1, -0.05) is 0 Å². The summed E-state index contributed by atoms with van der Waals surface area (Å²) in [6.07, 6.45) is 1.22. The van der Waals surface area contributed by atoms with Gasteiger partial charge in [0, 0.05) is 32.7 Å². The summed E-state index contributed by atoms with van der Waals surface area (Å²) in [6.45, 7) is 10.3. The van der Waals surface area contributed by atoms with Crippen LogP contribution < -0.4 is 5.32 Å². The Kier molecular flexibility index (Phi) is 3.58. The molecule has 1 amide bonds. The quantitative estimate of drug-likeness (QED) is 0.739. The fourth-order valence-corrected chi connectivity index (χ4v) is 2.19. The van der Waals surface area contributed by atoms with E-state index >= 15 is 0 Å². The van der Waals surface area contributed by atoms with E-state index < -0.39 is 5.60 Å². The number of likely N-dealkylation sites (tertiary alicyclic amines) is 1. The third-order valence-corrected chi connectivity index (χ3v) is 3.16. The van der Waals surface area contributed by atoms with Crippen molar-refractivity contribution in [3.8, 4) is 0 Å². The Morgan fingerprint density at radius 1 is 1.29 bits per heavy atom. The molecule has 5 heteroatoms. The van der Waals surface area contributed by atoms with Crippen molar-refractivity contribution in [3.05, 3.63) is 0 Å². The van der Waals surface area contributed by atoms with E-state index in [0.717, 1.165) is 32.7 Å². The second-order valence-electron chi connectivity index (χ2n) is 5.75. The highest BCUT2D eigenvalue weighted by Crippen LogP contribution is 2.19. The monoisotopic (exact) mass is 241 g/mol. The molecule has 0 radical (unpaired) electrons. The van der Waals surface area contributed by atoms with Crippen LogP contribution >= 0.6 is 0 Å². The summed E-state index contributed by atoms with van der Waals surface area (Å²) in [5.74, 6) is 0. The molecule has 0 aromatic heterocycles. The molecule has 0 bridgehead atoms. The third kappa shape index (κ3) is 3.10. The number of ether oxygens (including phenoxy) is 1. The van der Waals surface area contributed by atoms with Crippen LogP contribution in [0.15, 0.2) is 0 Å². The maximum atomic E-state index is 12.1. The summed E-state index contributed by atoms with van der Waals surface area (Å²) >= 11 is 0. The summed E-state index contributed by atoms with van der Waals surface area (Å²) in [7, 11) is 0. The number of carbonyl (C=O) groups is 1. The van der Waals surface area contributed by atoms with Crippen LogP contribution in [0.3, 0.4) is 0 Å². The fourth-order valence-electron chi connectivity index (χ4n) is 2.19. The van der Waals surface area contributed by atoms with Crippen molar-refractivity contribution in [1.29, 1.82) is 0 Å². The summed E-state index contributed by atoms with van der Waals surface area (Å²) in [6, 6.07) is 0. The molecule has 0 aliphatic carbocycles. The van der Waals surface area contributed by atoms with E-state index in [1.165, 1.54) is 6.42 Å². The van der Waals surface area contributed by atoms with Gasteiger partial charge in [0.1, 0.15) is 11.8 Å². The van der Waals surface area contributed by atoms with Gasteiger partial charge in [0.15, 0.2) is 0 Å². The normalized spacial score (nSPS) is 26.5. The molecule has 0 saturated carbocycles. The number of amides is 1. The van der Waals surface area contributed by atoms with E-state index in [-0.39, 0.29) is 12.3 Å². The zero-order valence-electron chi connectivity index (χ0n) is 11.0. The smallest absolute Gasteiger partial charge is 0.411 e. The number of nitrogens with zero attached hydrogens (tertiary/aromatic N) is 2. The Hall–Kier alpha value is -0.810. The molecule has 0 aromatic rings. The van der Waals surface area contributed by atoms with Gasteiger partial charge in [-0.15, -0.1) is 0 Å². The van der Waals surface area contributed by atoms with E-state index in [9.17, 15) is 4.79 Å². The van der Waals surface area contributed by atoms with Crippen LogP contribution in [0.25, 0.3) is 0 Å². The molecular weight excluding hydrogens is 218 g/mol. The highest BCUT2D eigenvalue weighted by Gasteiger charge is 2.35. The summed E-state index contributed by atoms with van der Waals surface area (Å²) in [5, 5.41) is 3.34. The minimum atomic E-state index is -0.415. The first-order valence-electron chi connectivity index (χ1n) is 6.42. The average molecular weight is 241 g/mol. The highest BCUT2D eigenvalue weighted by atomic mass is 16.6. The van der Waals surface area contributed by atoms with Gasteiger partial charge in [0.25, 0.3) is 0 Å². The molecule has 1 unspecified atom stereocenters. The standard InChI is InChI=1S/C12H23N3O2/c1-12(2,3)17-11(16)15-8-5-13-9-10(15)14-6-4-7-14/h10,13H,4-9H2,1-3H3. The van der Waals surface area contributed by atoms with Gasteiger partial charge in [0.2, 0.25) is 0 Å². The molecule has 5 nitrogen and oxygen atoms in total. The van der Waals surface area contributed by atoms with Gasteiger partial charge < -0.3 is 10.1 Å². The Balaban J connectivity index is 1.97. The largest absolute Gasteiger partial charge is 0.444 e. The summed E-state index contributed by atoms with van der Waals surface area (Å²) in [5.41, 5.74) is -0.415. The zero-order chi connectivity index (χ0) is 12.5. The first-order valence-corrected chi connectivity index (χ1v) is 6.42. The Labute approximate surface area is 103 Å². The van der Waals surface area contributed by atoms with E-state index in [0.29, 0.717) is 0 Å². The fraction of sp³-hybridized carbons (Fsp3) is 0.917. The molecule has 2 saturated heterocycles. The number of rotatable bonds is 1. The molecule has 0 spiro atoms.